The molecule has 0 spiro atoms. The van der Waals surface area contributed by atoms with E-state index in [-0.39, 0.29) is 24.0 Å². The summed E-state index contributed by atoms with van der Waals surface area (Å²) in [6.07, 6.45) is 4.08. The smallest absolute Gasteiger partial charge is 0.191 e. The molecule has 1 aliphatic rings. The molecule has 0 amide bonds. The second-order valence-electron chi connectivity index (χ2n) is 5.71. The highest BCUT2D eigenvalue weighted by atomic mass is 127. The Morgan fingerprint density at radius 2 is 2.33 bits per heavy atom. The Morgan fingerprint density at radius 1 is 1.54 bits per heavy atom. The van der Waals surface area contributed by atoms with E-state index in [0.717, 1.165) is 50.1 Å². The minimum atomic E-state index is 0. The number of thioether (sulfide) groups is 1. The summed E-state index contributed by atoms with van der Waals surface area (Å²) in [4.78, 5) is 9.19. The molecule has 1 aromatic heterocycles. The SMILES string of the molecule is CCNC(=NCC(C)SC)NC1CCc2nc(COC)nn2C1.I. The molecule has 138 valence electrons. The Bertz CT molecular complexity index is 524. The molecule has 0 bridgehead atoms. The summed E-state index contributed by atoms with van der Waals surface area (Å²) < 4.78 is 7.10. The number of guanidine groups is 1. The summed E-state index contributed by atoms with van der Waals surface area (Å²) >= 11 is 1.83. The molecule has 2 heterocycles. The van der Waals surface area contributed by atoms with Gasteiger partial charge in [0.15, 0.2) is 11.8 Å². The van der Waals surface area contributed by atoms with Gasteiger partial charge in [0.1, 0.15) is 12.4 Å². The van der Waals surface area contributed by atoms with Crippen molar-refractivity contribution in [2.24, 2.45) is 4.99 Å². The minimum absolute atomic E-state index is 0. The Morgan fingerprint density at radius 3 is 3.00 bits per heavy atom. The van der Waals surface area contributed by atoms with Crippen molar-refractivity contribution in [3.05, 3.63) is 11.6 Å². The first-order chi connectivity index (χ1) is 11.2. The highest BCUT2D eigenvalue weighted by molar-refractivity contribution is 14.0. The van der Waals surface area contributed by atoms with Gasteiger partial charge in [-0.3, -0.25) is 4.99 Å². The number of ether oxygens (including phenoxy) is 1. The van der Waals surface area contributed by atoms with Crippen molar-refractivity contribution in [3.8, 4) is 0 Å². The molecule has 2 N–H and O–H groups in total. The van der Waals surface area contributed by atoms with Crippen LogP contribution in [0.4, 0.5) is 0 Å². The van der Waals surface area contributed by atoms with E-state index < -0.39 is 0 Å². The van der Waals surface area contributed by atoms with Crippen LogP contribution in [0, 0.1) is 0 Å². The van der Waals surface area contributed by atoms with Crippen LogP contribution < -0.4 is 10.6 Å². The van der Waals surface area contributed by atoms with Crippen LogP contribution in [0.15, 0.2) is 4.99 Å². The number of fused-ring (bicyclic) bond motifs is 1. The quantitative estimate of drug-likeness (QED) is 0.360. The van der Waals surface area contributed by atoms with Gasteiger partial charge in [0, 0.05) is 31.4 Å². The van der Waals surface area contributed by atoms with Crippen molar-refractivity contribution in [3.63, 3.8) is 0 Å². The van der Waals surface area contributed by atoms with Gasteiger partial charge in [-0.25, -0.2) is 9.67 Å². The van der Waals surface area contributed by atoms with Crippen LogP contribution in [0.3, 0.4) is 0 Å². The lowest BCUT2D eigenvalue weighted by Crippen LogP contribution is -2.47. The van der Waals surface area contributed by atoms with Crippen molar-refractivity contribution >= 4 is 41.7 Å². The number of halogens is 1. The molecule has 2 rings (SSSR count). The van der Waals surface area contributed by atoms with Gasteiger partial charge in [0.05, 0.1) is 13.1 Å². The van der Waals surface area contributed by atoms with E-state index in [1.54, 1.807) is 7.11 Å². The monoisotopic (exact) mass is 468 g/mol. The lowest BCUT2D eigenvalue weighted by molar-refractivity contribution is 0.177. The Balaban J connectivity index is 0.00000288. The van der Waals surface area contributed by atoms with E-state index in [0.29, 0.717) is 17.9 Å². The maximum absolute atomic E-state index is 5.11. The predicted octanol–water partition coefficient (Wildman–Crippen LogP) is 1.66. The molecule has 0 aromatic carbocycles. The zero-order chi connectivity index (χ0) is 16.7. The Hall–Kier alpha value is -0.550. The number of hydrogen-bond donors (Lipinski definition) is 2. The number of methoxy groups -OCH3 is 1. The molecule has 0 aliphatic carbocycles. The third kappa shape index (κ3) is 6.40. The molecule has 7 nitrogen and oxygen atoms in total. The first kappa shape index (κ1) is 21.5. The van der Waals surface area contributed by atoms with E-state index in [2.05, 4.69) is 45.8 Å². The van der Waals surface area contributed by atoms with Crippen molar-refractivity contribution in [1.29, 1.82) is 0 Å². The van der Waals surface area contributed by atoms with E-state index in [9.17, 15) is 0 Å². The average molecular weight is 468 g/mol. The molecule has 0 saturated carbocycles. The number of aryl methyl sites for hydroxylation is 1. The minimum Gasteiger partial charge on any atom is -0.377 e. The standard InChI is InChI=1S/C15H28N6OS.HI/c1-5-16-15(17-8-11(2)23-4)18-12-6-7-14-19-13(10-22-3)20-21(14)9-12;/h11-12H,5-10H2,1-4H3,(H2,16,17,18);1H. The molecule has 2 atom stereocenters. The molecule has 0 fully saturated rings. The molecule has 2 unspecified atom stereocenters. The van der Waals surface area contributed by atoms with Gasteiger partial charge in [-0.05, 0) is 19.6 Å². The van der Waals surface area contributed by atoms with E-state index >= 15 is 0 Å². The van der Waals surface area contributed by atoms with Gasteiger partial charge in [0.25, 0.3) is 0 Å². The number of aliphatic imine (C=N–C) groups is 1. The van der Waals surface area contributed by atoms with Crippen molar-refractivity contribution in [1.82, 2.24) is 25.4 Å². The average Bonchev–Trinajstić information content (AvgIpc) is 2.94. The summed E-state index contributed by atoms with van der Waals surface area (Å²) in [5.41, 5.74) is 0. The van der Waals surface area contributed by atoms with Gasteiger partial charge in [-0.1, -0.05) is 6.92 Å². The normalized spacial score (nSPS) is 18.5. The third-order valence-corrected chi connectivity index (χ3v) is 4.72. The highest BCUT2D eigenvalue weighted by Gasteiger charge is 2.22. The fourth-order valence-corrected chi connectivity index (χ4v) is 2.70. The topological polar surface area (TPSA) is 76.4 Å². The molecule has 1 aliphatic heterocycles. The van der Waals surface area contributed by atoms with E-state index in [1.807, 2.05) is 16.4 Å². The van der Waals surface area contributed by atoms with Gasteiger partial charge in [-0.15, -0.1) is 24.0 Å². The number of nitrogens with one attached hydrogen (secondary N) is 2. The maximum Gasteiger partial charge on any atom is 0.191 e. The van der Waals surface area contributed by atoms with Crippen molar-refractivity contribution in [2.45, 2.75) is 51.1 Å². The summed E-state index contributed by atoms with van der Waals surface area (Å²) in [5.74, 6) is 2.70. The molecule has 9 heteroatoms. The predicted molar refractivity (Wildman–Crippen MR) is 110 cm³/mol. The van der Waals surface area contributed by atoms with Crippen LogP contribution in [-0.4, -0.2) is 58.5 Å². The summed E-state index contributed by atoms with van der Waals surface area (Å²) in [6.45, 7) is 7.23. The zero-order valence-corrected chi connectivity index (χ0v) is 18.1. The second kappa shape index (κ2) is 11.1. The summed E-state index contributed by atoms with van der Waals surface area (Å²) in [7, 11) is 1.67. The molecule has 0 saturated heterocycles. The molecular weight excluding hydrogens is 439 g/mol. The highest BCUT2D eigenvalue weighted by Crippen LogP contribution is 2.13. The molecule has 24 heavy (non-hydrogen) atoms. The molecule has 1 aromatic rings. The second-order valence-corrected chi connectivity index (χ2v) is 6.98. The Labute approximate surface area is 165 Å². The van der Waals surface area contributed by atoms with Gasteiger partial charge in [0.2, 0.25) is 0 Å². The number of hydrogen-bond acceptors (Lipinski definition) is 5. The maximum atomic E-state index is 5.11. The van der Waals surface area contributed by atoms with Crippen molar-refractivity contribution < 1.29 is 4.74 Å². The summed E-state index contributed by atoms with van der Waals surface area (Å²) in [6, 6.07) is 0.321. The first-order valence-electron chi connectivity index (χ1n) is 8.15. The van der Waals surface area contributed by atoms with Gasteiger partial charge < -0.3 is 15.4 Å². The fourth-order valence-electron chi connectivity index (χ4n) is 2.48. The molecular formula is C15H29IN6OS. The summed E-state index contributed by atoms with van der Waals surface area (Å²) in [5, 5.41) is 11.9. The lowest BCUT2D eigenvalue weighted by Gasteiger charge is -2.25. The van der Waals surface area contributed by atoms with Gasteiger partial charge >= 0.3 is 0 Å². The zero-order valence-electron chi connectivity index (χ0n) is 14.9. The van der Waals surface area contributed by atoms with Crippen LogP contribution in [0.2, 0.25) is 0 Å². The number of nitrogens with zero attached hydrogens (tertiary/aromatic N) is 4. The van der Waals surface area contributed by atoms with Crippen molar-refractivity contribution in [2.75, 3.05) is 26.5 Å². The van der Waals surface area contributed by atoms with Crippen LogP contribution in [0.1, 0.15) is 31.9 Å². The van der Waals surface area contributed by atoms with Crippen LogP contribution in [-0.2, 0) is 24.3 Å². The fraction of sp³-hybridized carbons (Fsp3) is 0.800. The van der Waals surface area contributed by atoms with E-state index in [1.165, 1.54) is 0 Å². The van der Waals surface area contributed by atoms with E-state index in [4.69, 9.17) is 4.74 Å². The molecule has 0 radical (unpaired) electrons. The largest absolute Gasteiger partial charge is 0.377 e. The van der Waals surface area contributed by atoms with Gasteiger partial charge in [-0.2, -0.15) is 16.9 Å². The van der Waals surface area contributed by atoms with Crippen LogP contribution >= 0.6 is 35.7 Å². The number of aromatic nitrogens is 3. The van der Waals surface area contributed by atoms with Crippen LogP contribution in [0.25, 0.3) is 0 Å². The van der Waals surface area contributed by atoms with Crippen LogP contribution in [0.5, 0.6) is 0 Å². The third-order valence-electron chi connectivity index (χ3n) is 3.77. The number of rotatable bonds is 7. The first-order valence-corrected chi connectivity index (χ1v) is 9.44. The Kier molecular flexibility index (Phi) is 9.98. The lowest BCUT2D eigenvalue weighted by atomic mass is 10.1.